The Kier molecular flexibility index (Phi) is 10.9. The van der Waals surface area contributed by atoms with Crippen LogP contribution in [-0.2, 0) is 27.5 Å². The third-order valence-corrected chi connectivity index (χ3v) is 4.65. The fraction of sp³-hybridized carbons (Fsp3) is 0. The molecule has 0 atom stereocenters. The number of allylic oxidation sites excluding steroid dienone is 1. The number of Topliss-reactive ketones (excluding diaryl/α,β-unsaturated/α-hetero) is 1. The van der Waals surface area contributed by atoms with E-state index >= 15 is 0 Å². The van der Waals surface area contributed by atoms with Crippen LogP contribution in [0.15, 0.2) is 46.4 Å². The van der Waals surface area contributed by atoms with Crippen LogP contribution >= 0.6 is 0 Å². The van der Waals surface area contributed by atoms with Crippen LogP contribution < -0.4 is 5.43 Å². The average molecular weight is 511 g/mol. The van der Waals surface area contributed by atoms with E-state index in [1.165, 1.54) is 30.4 Å². The number of nitrogens with zero attached hydrogens (tertiary/aromatic N) is 2. The molecule has 2 aromatic carbocycles. The van der Waals surface area contributed by atoms with E-state index in [9.17, 15) is 33.5 Å². The molecule has 0 radical (unpaired) electrons. The van der Waals surface area contributed by atoms with Gasteiger partial charge in [0, 0.05) is 34.6 Å². The molecule has 0 aromatic heterocycles. The zero-order valence-corrected chi connectivity index (χ0v) is 17.7. The third kappa shape index (κ3) is 5.87. The second-order valence-corrected chi connectivity index (χ2v) is 7.00. The summed E-state index contributed by atoms with van der Waals surface area (Å²) < 4.78 is 31.7. The molecule has 3 rings (SSSR count). The molecule has 14 nitrogen and oxygen atoms in total. The molecule has 0 aliphatic heterocycles. The number of carbonyl (C=O) groups is 1. The molecular weight excluding hydrogens is 494 g/mol. The van der Waals surface area contributed by atoms with Gasteiger partial charge in [-0.15, -0.1) is 0 Å². The van der Waals surface area contributed by atoms with Crippen molar-refractivity contribution in [1.29, 1.82) is 0 Å². The van der Waals surface area contributed by atoms with Crippen LogP contribution in [0.3, 0.4) is 0 Å². The van der Waals surface area contributed by atoms with Gasteiger partial charge in [0.1, 0.15) is 22.0 Å². The Balaban J connectivity index is 0. The van der Waals surface area contributed by atoms with Gasteiger partial charge >= 0.3 is 5.69 Å². The van der Waals surface area contributed by atoms with Crippen LogP contribution in [0.2, 0.25) is 0 Å². The predicted octanol–water partition coefficient (Wildman–Crippen LogP) is -0.546. The van der Waals surface area contributed by atoms with Crippen LogP contribution in [-0.4, -0.2) is 56.0 Å². The maximum atomic E-state index is 12.4. The molecule has 0 spiro atoms. The zero-order valence-electron chi connectivity index (χ0n) is 15.6. The van der Waals surface area contributed by atoms with Crippen molar-refractivity contribution in [2.24, 2.45) is 5.10 Å². The van der Waals surface area contributed by atoms with Crippen LogP contribution in [0, 0.1) is 10.1 Å². The van der Waals surface area contributed by atoms with Crippen molar-refractivity contribution < 1.29 is 66.7 Å². The normalized spacial score (nSPS) is 12.9. The minimum atomic E-state index is -4.81. The number of ketones is 1. The topological polar surface area (TPSA) is 274 Å². The molecule has 0 unspecified atom stereocenters. The Hall–Kier alpha value is -3.36. The molecule has 10 N–H and O–H groups in total. The largest absolute Gasteiger partial charge is 0.507 e. The summed E-state index contributed by atoms with van der Waals surface area (Å²) in [6, 6.07) is 5.51. The number of hydrazone groups is 1. The van der Waals surface area contributed by atoms with Crippen molar-refractivity contribution in [3.8, 4) is 11.5 Å². The number of rotatable bonds is 4. The maximum absolute atomic E-state index is 12.4. The Morgan fingerprint density at radius 3 is 2.25 bits per heavy atom. The van der Waals surface area contributed by atoms with E-state index in [2.05, 4.69) is 10.5 Å². The fourth-order valence-corrected chi connectivity index (χ4v) is 3.00. The number of nitro groups is 1. The van der Waals surface area contributed by atoms with Gasteiger partial charge in [0.15, 0.2) is 0 Å². The number of aromatic hydroxyl groups is 2. The first-order chi connectivity index (χ1) is 13.1. The number of nitrogens with one attached hydrogen (secondary N) is 1. The number of phenolic OH excluding ortho intramolecular Hbond substituents is 2. The van der Waals surface area contributed by atoms with Crippen molar-refractivity contribution in [3.05, 3.63) is 57.6 Å². The summed E-state index contributed by atoms with van der Waals surface area (Å²) in [6.07, 6.45) is 2.68. The zero-order chi connectivity index (χ0) is 20.6. The van der Waals surface area contributed by atoms with Crippen molar-refractivity contribution >= 4 is 39.1 Å². The summed E-state index contributed by atoms with van der Waals surface area (Å²) >= 11 is 0. The number of fused-ring (bicyclic) bond motifs is 1. The van der Waals surface area contributed by atoms with Gasteiger partial charge in [-0.3, -0.25) is 24.9 Å². The Morgan fingerprint density at radius 2 is 1.69 bits per heavy atom. The number of hydrogen-bond donors (Lipinski definition) is 4. The van der Waals surface area contributed by atoms with Crippen molar-refractivity contribution in [2.75, 3.05) is 5.43 Å². The number of carbonyl (C=O) groups excluding carboxylic acids is 1. The molecule has 1 aliphatic rings. The van der Waals surface area contributed by atoms with E-state index in [1.54, 1.807) is 0 Å². The van der Waals surface area contributed by atoms with Crippen LogP contribution in [0.5, 0.6) is 11.5 Å². The number of phenols is 2. The van der Waals surface area contributed by atoms with E-state index in [-0.39, 0.29) is 50.8 Å². The second-order valence-electron chi connectivity index (χ2n) is 5.58. The summed E-state index contributed by atoms with van der Waals surface area (Å²) in [5.41, 5.74) is 0.964. The predicted molar refractivity (Wildman–Crippen MR) is 108 cm³/mol. The van der Waals surface area contributed by atoms with Crippen LogP contribution in [0.4, 0.5) is 11.4 Å². The Labute approximate surface area is 190 Å². The second kappa shape index (κ2) is 11.3. The minimum Gasteiger partial charge on any atom is -0.507 e. The van der Waals surface area contributed by atoms with Crippen molar-refractivity contribution in [1.82, 2.24) is 0 Å². The monoisotopic (exact) mass is 511 g/mol. The molecule has 0 fully saturated rings. The van der Waals surface area contributed by atoms with E-state index in [1.807, 2.05) is 0 Å². The molecule has 0 saturated heterocycles. The molecule has 0 amide bonds. The van der Waals surface area contributed by atoms with Gasteiger partial charge < -0.3 is 26.6 Å². The standard InChI is InChI=1S/C16H11N3O8S.Cr.3H2O/c20-14-3-1-2-10-9(14)4-5-11(15(10)21)17-18-12-6-8(28(25,26)27)7-13(16(12)22)19(23)24;;;;/h1-7,18,20,22H,(H,25,26,27);;3*1H2/b17-11-;;;;. The SMILES string of the molecule is O.O.O.O=C1/C(=N\Nc2cc(S(=O)(=O)O)cc([N+](=O)[O-])c2O)C=Cc2c(O)cccc21.[Cr]. The van der Waals surface area contributed by atoms with Gasteiger partial charge in [0.05, 0.1) is 4.92 Å². The van der Waals surface area contributed by atoms with E-state index in [0.29, 0.717) is 11.6 Å². The number of benzene rings is 2. The average Bonchev–Trinajstić information content (AvgIpc) is 2.61. The molecule has 1 aliphatic carbocycles. The van der Waals surface area contributed by atoms with E-state index < -0.39 is 42.8 Å². The first-order valence-electron chi connectivity index (χ1n) is 7.47. The van der Waals surface area contributed by atoms with Gasteiger partial charge in [-0.05, 0) is 24.3 Å². The first kappa shape index (κ1) is 30.8. The summed E-state index contributed by atoms with van der Waals surface area (Å²) in [6.45, 7) is 0. The first-order valence-corrected chi connectivity index (χ1v) is 8.91. The maximum Gasteiger partial charge on any atom is 0.314 e. The van der Waals surface area contributed by atoms with Gasteiger partial charge in [-0.1, -0.05) is 12.1 Å². The van der Waals surface area contributed by atoms with E-state index in [4.69, 9.17) is 4.55 Å². The van der Waals surface area contributed by atoms with Crippen LogP contribution in [0.25, 0.3) is 6.08 Å². The Morgan fingerprint density at radius 1 is 1.06 bits per heavy atom. The molecule has 32 heavy (non-hydrogen) atoms. The quantitative estimate of drug-likeness (QED) is 0.177. The minimum absolute atomic E-state index is 0. The number of hydrogen-bond acceptors (Lipinski definition) is 9. The summed E-state index contributed by atoms with van der Waals surface area (Å²) in [5.74, 6) is -1.63. The molecule has 174 valence electrons. The summed E-state index contributed by atoms with van der Waals surface area (Å²) in [5, 5.41) is 34.4. The van der Waals surface area contributed by atoms with Gasteiger partial charge in [0.25, 0.3) is 10.1 Å². The molecule has 16 heteroatoms. The smallest absolute Gasteiger partial charge is 0.314 e. The van der Waals surface area contributed by atoms with Crippen molar-refractivity contribution in [2.45, 2.75) is 4.90 Å². The molecule has 0 saturated carbocycles. The summed E-state index contributed by atoms with van der Waals surface area (Å²) in [4.78, 5) is 21.5. The molecule has 0 heterocycles. The fourth-order valence-electron chi connectivity index (χ4n) is 2.48. The van der Waals surface area contributed by atoms with Gasteiger partial charge in [0.2, 0.25) is 11.5 Å². The number of nitro benzene ring substituents is 1. The van der Waals surface area contributed by atoms with Crippen LogP contribution in [0.1, 0.15) is 15.9 Å². The van der Waals surface area contributed by atoms with Crippen molar-refractivity contribution in [3.63, 3.8) is 0 Å². The molecule has 0 bridgehead atoms. The van der Waals surface area contributed by atoms with Gasteiger partial charge in [-0.2, -0.15) is 13.5 Å². The summed E-state index contributed by atoms with van der Waals surface area (Å²) in [7, 11) is -4.81. The number of anilines is 1. The Bertz CT molecular complexity index is 1200. The molecular formula is C16H17CrN3O11S. The third-order valence-electron chi connectivity index (χ3n) is 3.82. The van der Waals surface area contributed by atoms with E-state index in [0.717, 1.165) is 6.07 Å². The van der Waals surface area contributed by atoms with Gasteiger partial charge in [-0.25, -0.2) is 0 Å². The molecule has 2 aromatic rings.